The van der Waals surface area contributed by atoms with Crippen molar-refractivity contribution in [2.24, 2.45) is 0 Å². The first-order chi connectivity index (χ1) is 17.4. The molecule has 18 heteroatoms. The molecule has 3 heterocycles. The minimum atomic E-state index is -6.12. The molecular formula is C19H18F3N5O9S. The average molecular weight is 549 g/mol. The number of halogens is 3. The minimum absolute atomic E-state index is 0.0337. The number of alkyl halides is 3. The summed E-state index contributed by atoms with van der Waals surface area (Å²) in [6.07, 6.45) is -1.63. The zero-order valence-corrected chi connectivity index (χ0v) is 19.3. The normalized spacial score (nSPS) is 20.3. The summed E-state index contributed by atoms with van der Waals surface area (Å²) in [6, 6.07) is 4.33. The highest BCUT2D eigenvalue weighted by Gasteiger charge is 2.49. The summed E-state index contributed by atoms with van der Waals surface area (Å²) in [6.45, 7) is -0.637. The predicted molar refractivity (Wildman–Crippen MR) is 115 cm³/mol. The number of imidazole rings is 1. The van der Waals surface area contributed by atoms with E-state index in [9.17, 15) is 41.9 Å². The van der Waals surface area contributed by atoms with Crippen LogP contribution in [0.1, 0.15) is 18.2 Å². The second-order valence-electron chi connectivity index (χ2n) is 7.76. The molecule has 3 atom stereocenters. The number of ether oxygens (including phenoxy) is 2. The van der Waals surface area contributed by atoms with Crippen molar-refractivity contribution in [3.05, 3.63) is 46.3 Å². The van der Waals surface area contributed by atoms with Crippen LogP contribution in [-0.4, -0.2) is 74.0 Å². The Hall–Kier alpha value is -3.61. The number of aliphatic hydroxyl groups is 2. The number of hydrogen-bond donors (Lipinski definition) is 2. The molecular weight excluding hydrogens is 531 g/mol. The van der Waals surface area contributed by atoms with E-state index in [1.54, 1.807) is 0 Å². The number of aromatic nitrogens is 4. The molecule has 0 bridgehead atoms. The predicted octanol–water partition coefficient (Wildman–Crippen LogP) is 1.23. The fraction of sp³-hybridized carbons (Fsp3) is 0.421. The fourth-order valence-electron chi connectivity index (χ4n) is 3.47. The summed E-state index contributed by atoms with van der Waals surface area (Å²) < 4.78 is 78.0. The molecule has 0 amide bonds. The molecule has 4 rings (SSSR count). The van der Waals surface area contributed by atoms with Gasteiger partial charge in [0, 0.05) is 25.0 Å². The van der Waals surface area contributed by atoms with Crippen LogP contribution in [0, 0.1) is 10.1 Å². The van der Waals surface area contributed by atoms with E-state index in [-0.39, 0.29) is 36.3 Å². The Morgan fingerprint density at radius 3 is 2.54 bits per heavy atom. The molecule has 0 aliphatic carbocycles. The van der Waals surface area contributed by atoms with E-state index in [1.165, 1.54) is 35.2 Å². The summed E-state index contributed by atoms with van der Waals surface area (Å²) in [5, 5.41) is 30.1. The van der Waals surface area contributed by atoms with E-state index >= 15 is 0 Å². The topological polar surface area (TPSA) is 189 Å². The number of non-ortho nitro benzene ring substituents is 1. The van der Waals surface area contributed by atoms with Gasteiger partial charge in [-0.3, -0.25) is 14.7 Å². The molecule has 3 aromatic rings. The smallest absolute Gasteiger partial charge is 0.476 e. The van der Waals surface area contributed by atoms with Gasteiger partial charge in [0.2, 0.25) is 5.88 Å². The van der Waals surface area contributed by atoms with Gasteiger partial charge in [0.15, 0.2) is 11.2 Å². The average Bonchev–Trinajstić information content (AvgIpc) is 3.41. The Bertz CT molecular complexity index is 1400. The molecule has 2 N–H and O–H groups in total. The molecule has 37 heavy (non-hydrogen) atoms. The highest BCUT2D eigenvalue weighted by molar-refractivity contribution is 7.87. The van der Waals surface area contributed by atoms with Crippen molar-refractivity contribution in [3.63, 3.8) is 0 Å². The third-order valence-electron chi connectivity index (χ3n) is 5.31. The van der Waals surface area contributed by atoms with Gasteiger partial charge in [-0.15, -0.1) is 0 Å². The first kappa shape index (κ1) is 26.5. The van der Waals surface area contributed by atoms with E-state index in [0.717, 1.165) is 0 Å². The second-order valence-corrected chi connectivity index (χ2v) is 9.29. The maximum Gasteiger partial charge on any atom is 0.534 e. The third-order valence-corrected chi connectivity index (χ3v) is 6.24. The van der Waals surface area contributed by atoms with E-state index in [2.05, 4.69) is 19.1 Å². The van der Waals surface area contributed by atoms with Crippen LogP contribution in [0.15, 0.2) is 30.6 Å². The molecule has 0 radical (unpaired) electrons. The molecule has 1 saturated heterocycles. The van der Waals surface area contributed by atoms with Crippen molar-refractivity contribution in [2.75, 3.05) is 13.2 Å². The lowest BCUT2D eigenvalue weighted by molar-refractivity contribution is -0.384. The van der Waals surface area contributed by atoms with Gasteiger partial charge >= 0.3 is 21.6 Å². The largest absolute Gasteiger partial charge is 0.534 e. The van der Waals surface area contributed by atoms with E-state index in [1.807, 2.05) is 0 Å². The van der Waals surface area contributed by atoms with Gasteiger partial charge in [-0.1, -0.05) is 12.1 Å². The Balaban J connectivity index is 1.64. The van der Waals surface area contributed by atoms with Crippen LogP contribution in [0.3, 0.4) is 0 Å². The van der Waals surface area contributed by atoms with Crippen LogP contribution in [0.4, 0.5) is 18.9 Å². The second kappa shape index (κ2) is 10.0. The van der Waals surface area contributed by atoms with Crippen molar-refractivity contribution >= 4 is 27.0 Å². The van der Waals surface area contributed by atoms with Crippen molar-refractivity contribution in [2.45, 2.75) is 36.8 Å². The molecule has 1 aliphatic rings. The minimum Gasteiger partial charge on any atom is -0.476 e. The van der Waals surface area contributed by atoms with Gasteiger partial charge in [0.1, 0.15) is 12.3 Å². The number of nitro benzene ring substituents is 1. The molecule has 0 unspecified atom stereocenters. The molecule has 1 fully saturated rings. The summed E-state index contributed by atoms with van der Waals surface area (Å²) in [5.74, 6) is -0.407. The Kier molecular flexibility index (Phi) is 7.18. The number of fused-ring (bicyclic) bond motifs is 1. The van der Waals surface area contributed by atoms with Crippen molar-refractivity contribution < 1.29 is 50.4 Å². The Labute approximate surface area is 205 Å². The first-order valence-corrected chi connectivity index (χ1v) is 11.9. The lowest BCUT2D eigenvalue weighted by Crippen LogP contribution is -2.28. The first-order valence-electron chi connectivity index (χ1n) is 10.5. The lowest BCUT2D eigenvalue weighted by atomic mass is 10.1. The van der Waals surface area contributed by atoms with E-state index in [4.69, 9.17) is 9.47 Å². The molecule has 0 spiro atoms. The van der Waals surface area contributed by atoms with Crippen LogP contribution in [-0.2, 0) is 21.3 Å². The summed E-state index contributed by atoms with van der Waals surface area (Å²) >= 11 is 0. The maximum absolute atomic E-state index is 12.9. The number of rotatable bonds is 9. The van der Waals surface area contributed by atoms with Gasteiger partial charge in [-0.05, 0) is 5.56 Å². The fourth-order valence-corrected chi connectivity index (χ4v) is 3.83. The standard InChI is InChI=1S/C19H18F3N5O9S/c20-19(21,22)37(32,33)36-18-24-16-15(23-9-26(16)14-7-12(29)13(8-28)35-14)17(25-18)34-6-5-10-1-3-11(4-2-10)27(30)31/h1-4,9,12-14,28-29H,5-8H2/t12-,13+,14+/m0/s1. The monoisotopic (exact) mass is 549 g/mol. The van der Waals surface area contributed by atoms with Crippen LogP contribution >= 0.6 is 0 Å². The number of benzene rings is 1. The molecule has 0 saturated carbocycles. The van der Waals surface area contributed by atoms with Crippen LogP contribution in [0.5, 0.6) is 11.9 Å². The summed E-state index contributed by atoms with van der Waals surface area (Å²) in [4.78, 5) is 21.6. The van der Waals surface area contributed by atoms with E-state index < -0.39 is 57.5 Å². The van der Waals surface area contributed by atoms with Gasteiger partial charge < -0.3 is 23.9 Å². The van der Waals surface area contributed by atoms with Gasteiger partial charge in [0.25, 0.3) is 5.69 Å². The van der Waals surface area contributed by atoms with Gasteiger partial charge in [-0.25, -0.2) is 4.98 Å². The van der Waals surface area contributed by atoms with Gasteiger partial charge in [-0.2, -0.15) is 31.6 Å². The molecule has 2 aromatic heterocycles. The number of hydrogen-bond acceptors (Lipinski definition) is 12. The highest BCUT2D eigenvalue weighted by atomic mass is 32.2. The third kappa shape index (κ3) is 5.55. The SMILES string of the molecule is O=[N+]([O-])c1ccc(CCOc2nc(OS(=O)(=O)C(F)(F)F)nc3c2ncn3[C@H]2C[C@H](O)[C@@H](CO)O2)cc1. The Morgan fingerprint density at radius 1 is 1.24 bits per heavy atom. The van der Waals surface area contributed by atoms with Crippen LogP contribution in [0.25, 0.3) is 11.2 Å². The quantitative estimate of drug-likeness (QED) is 0.168. The molecule has 14 nitrogen and oxygen atoms in total. The zero-order chi connectivity index (χ0) is 27.0. The van der Waals surface area contributed by atoms with Crippen molar-refractivity contribution in [1.29, 1.82) is 0 Å². The lowest BCUT2D eigenvalue weighted by Gasteiger charge is -2.14. The molecule has 1 aromatic carbocycles. The van der Waals surface area contributed by atoms with Gasteiger partial charge in [0.05, 0.1) is 30.6 Å². The number of nitro groups is 1. The van der Waals surface area contributed by atoms with Crippen molar-refractivity contribution in [3.8, 4) is 11.9 Å². The highest BCUT2D eigenvalue weighted by Crippen LogP contribution is 2.34. The van der Waals surface area contributed by atoms with Crippen molar-refractivity contribution in [1.82, 2.24) is 19.5 Å². The van der Waals surface area contributed by atoms with Crippen LogP contribution in [0.2, 0.25) is 0 Å². The maximum atomic E-state index is 12.9. The number of aliphatic hydroxyl groups excluding tert-OH is 2. The van der Waals surface area contributed by atoms with Crippen LogP contribution < -0.4 is 8.92 Å². The number of nitrogens with zero attached hydrogens (tertiary/aromatic N) is 5. The van der Waals surface area contributed by atoms with E-state index in [0.29, 0.717) is 5.56 Å². The molecule has 1 aliphatic heterocycles. The zero-order valence-electron chi connectivity index (χ0n) is 18.5. The molecule has 200 valence electrons. The Morgan fingerprint density at radius 2 is 1.95 bits per heavy atom. The summed E-state index contributed by atoms with van der Waals surface area (Å²) in [7, 11) is -6.12. The summed E-state index contributed by atoms with van der Waals surface area (Å²) in [5.41, 5.74) is -5.55.